The molecule has 0 bridgehead atoms. The molecule has 56 valence electrons. The van der Waals surface area contributed by atoms with Crippen molar-refractivity contribution in [1.82, 2.24) is 0 Å². The summed E-state index contributed by atoms with van der Waals surface area (Å²) in [5.41, 5.74) is 0. The van der Waals surface area contributed by atoms with Crippen molar-refractivity contribution in [3.63, 3.8) is 0 Å². The van der Waals surface area contributed by atoms with Gasteiger partial charge in [-0.05, 0) is 19.6 Å². The van der Waals surface area contributed by atoms with E-state index in [1.807, 2.05) is 19.6 Å². The third-order valence-electron chi connectivity index (χ3n) is 0.422. The van der Waals surface area contributed by atoms with Crippen LogP contribution in [-0.2, 0) is 4.12 Å². The maximum atomic E-state index is 5.50. The van der Waals surface area contributed by atoms with Gasteiger partial charge in [-0.2, -0.15) is 0 Å². The highest BCUT2D eigenvalue weighted by atomic mass is 35.8. The fraction of sp³-hybridized carbons (Fsp3) is 1.00. The van der Waals surface area contributed by atoms with Crippen LogP contribution in [0.15, 0.2) is 0 Å². The third kappa shape index (κ3) is 9.26. The molecule has 0 aromatic rings. The van der Waals surface area contributed by atoms with Gasteiger partial charge in [-0.15, -0.1) is 0 Å². The molecule has 0 saturated heterocycles. The summed E-state index contributed by atoms with van der Waals surface area (Å²) in [6, 6.07) is 0. The van der Waals surface area contributed by atoms with Crippen LogP contribution in [0.25, 0.3) is 0 Å². The monoisotopic (exact) mass is 222 g/mol. The van der Waals surface area contributed by atoms with Gasteiger partial charge in [0.25, 0.3) is 0 Å². The highest BCUT2D eigenvalue weighted by Gasteiger charge is 2.33. The van der Waals surface area contributed by atoms with Crippen molar-refractivity contribution in [3.8, 4) is 0 Å². The van der Waals surface area contributed by atoms with E-state index in [0.717, 1.165) is 0 Å². The van der Waals surface area contributed by atoms with Gasteiger partial charge in [-0.3, -0.25) is 0 Å². The van der Waals surface area contributed by atoms with Gasteiger partial charge in [-0.25, -0.2) is 0 Å². The Morgan fingerprint density at radius 3 is 1.33 bits per heavy atom. The molecule has 0 amide bonds. The molecule has 9 heavy (non-hydrogen) atoms. The van der Waals surface area contributed by atoms with E-state index in [1.165, 1.54) is 0 Å². The van der Waals surface area contributed by atoms with Gasteiger partial charge in [0, 0.05) is 0 Å². The highest BCUT2D eigenvalue weighted by molar-refractivity contribution is 7.62. The first kappa shape index (κ1) is 10.3. The van der Waals surface area contributed by atoms with Crippen LogP contribution < -0.4 is 0 Å². The lowest BCUT2D eigenvalue weighted by Crippen LogP contribution is -2.35. The van der Waals surface area contributed by atoms with Crippen molar-refractivity contribution in [2.45, 2.75) is 19.6 Å². The van der Waals surface area contributed by atoms with E-state index < -0.39 is 14.6 Å². The molecule has 0 spiro atoms. The Morgan fingerprint density at radius 1 is 1.00 bits per heavy atom. The Hall–Kier alpha value is 1.26. The van der Waals surface area contributed by atoms with Gasteiger partial charge in [-0.1, -0.05) is 33.2 Å². The fourth-order valence-electron chi connectivity index (χ4n) is 0.347. The summed E-state index contributed by atoms with van der Waals surface area (Å²) in [4.78, 5) is 0. The second-order valence-electron chi connectivity index (χ2n) is 2.66. The maximum absolute atomic E-state index is 5.50. The van der Waals surface area contributed by atoms with Gasteiger partial charge in [0.15, 0.2) is 8.32 Å². The SMILES string of the molecule is C[Si](C)(C)O[Si](Cl)(Cl)Cl. The molecule has 0 heterocycles. The zero-order valence-electron chi connectivity index (χ0n) is 5.54. The van der Waals surface area contributed by atoms with Crippen LogP contribution in [0.2, 0.25) is 19.6 Å². The first-order chi connectivity index (χ1) is 3.71. The molecular formula is C3H9Cl3OSi2. The van der Waals surface area contributed by atoms with Crippen LogP contribution >= 0.6 is 33.2 Å². The van der Waals surface area contributed by atoms with Crippen LogP contribution in [0.4, 0.5) is 0 Å². The molecule has 0 saturated carbocycles. The minimum absolute atomic E-state index is 1.63. The van der Waals surface area contributed by atoms with Crippen LogP contribution in [0.1, 0.15) is 0 Å². The predicted molar refractivity (Wildman–Crippen MR) is 47.7 cm³/mol. The quantitative estimate of drug-likeness (QED) is 0.517. The zero-order valence-corrected chi connectivity index (χ0v) is 9.81. The topological polar surface area (TPSA) is 9.23 Å². The van der Waals surface area contributed by atoms with Gasteiger partial charge < -0.3 is 4.12 Å². The summed E-state index contributed by atoms with van der Waals surface area (Å²) in [5.74, 6) is 0. The lowest BCUT2D eigenvalue weighted by molar-refractivity contribution is 0.599. The number of hydrogen-bond donors (Lipinski definition) is 0. The molecular weight excluding hydrogens is 215 g/mol. The molecule has 0 aliphatic rings. The van der Waals surface area contributed by atoms with Crippen LogP contribution in [-0.4, -0.2) is 14.6 Å². The first-order valence-electron chi connectivity index (χ1n) is 2.48. The smallest absolute Gasteiger partial charge is 0.423 e. The van der Waals surface area contributed by atoms with Crippen LogP contribution in [0.5, 0.6) is 0 Å². The summed E-state index contributed by atoms with van der Waals surface area (Å²) < 4.78 is 5.20. The van der Waals surface area contributed by atoms with Crippen molar-refractivity contribution < 1.29 is 4.12 Å². The van der Waals surface area contributed by atoms with Crippen molar-refractivity contribution in [1.29, 1.82) is 0 Å². The lowest BCUT2D eigenvalue weighted by Gasteiger charge is -2.21. The fourth-order valence-corrected chi connectivity index (χ4v) is 9.37. The van der Waals surface area contributed by atoms with Gasteiger partial charge >= 0.3 is 6.25 Å². The van der Waals surface area contributed by atoms with Crippen molar-refractivity contribution in [2.75, 3.05) is 0 Å². The molecule has 0 aromatic heterocycles. The molecule has 6 heteroatoms. The standard InChI is InChI=1S/C3H9Cl3OSi2/c1-8(2,3)7-9(4,5)6/h1-3H3. The minimum Gasteiger partial charge on any atom is -0.423 e. The molecule has 0 atom stereocenters. The van der Waals surface area contributed by atoms with Crippen LogP contribution in [0, 0.1) is 0 Å². The molecule has 1 nitrogen and oxygen atoms in total. The number of halogens is 3. The van der Waals surface area contributed by atoms with E-state index in [0.29, 0.717) is 0 Å². The average molecular weight is 224 g/mol. The van der Waals surface area contributed by atoms with Crippen molar-refractivity contribution >= 4 is 47.8 Å². The largest absolute Gasteiger partial charge is 0.483 e. The molecule has 0 radical (unpaired) electrons. The van der Waals surface area contributed by atoms with E-state index in [-0.39, 0.29) is 0 Å². The summed E-state index contributed by atoms with van der Waals surface area (Å²) in [5, 5.41) is 0. The second-order valence-corrected chi connectivity index (χ2v) is 15.1. The molecule has 0 rings (SSSR count). The van der Waals surface area contributed by atoms with Crippen molar-refractivity contribution in [2.24, 2.45) is 0 Å². The third-order valence-corrected chi connectivity index (χ3v) is 5.88. The summed E-state index contributed by atoms with van der Waals surface area (Å²) in [7, 11) is -1.63. The molecule has 0 fully saturated rings. The lowest BCUT2D eigenvalue weighted by atomic mass is 11.8. The Labute approximate surface area is 71.6 Å². The number of rotatable bonds is 2. The van der Waals surface area contributed by atoms with Gasteiger partial charge in [0.2, 0.25) is 0 Å². The molecule has 0 aromatic carbocycles. The Balaban J connectivity index is 3.75. The highest BCUT2D eigenvalue weighted by Crippen LogP contribution is 2.25. The van der Waals surface area contributed by atoms with Gasteiger partial charge in [0.05, 0.1) is 0 Å². The molecule has 0 aliphatic heterocycles. The summed E-state index contributed by atoms with van der Waals surface area (Å²) >= 11 is 16.5. The van der Waals surface area contributed by atoms with Crippen molar-refractivity contribution in [3.05, 3.63) is 0 Å². The minimum atomic E-state index is -2.81. The molecule has 0 unspecified atom stereocenters. The Kier molecular flexibility index (Phi) is 3.55. The van der Waals surface area contributed by atoms with E-state index in [1.54, 1.807) is 0 Å². The normalized spacial score (nSPS) is 14.0. The Bertz CT molecular complexity index is 82.2. The van der Waals surface area contributed by atoms with E-state index in [9.17, 15) is 0 Å². The predicted octanol–water partition coefficient (Wildman–Crippen LogP) is 2.99. The van der Waals surface area contributed by atoms with E-state index in [2.05, 4.69) is 0 Å². The summed E-state index contributed by atoms with van der Waals surface area (Å²) in [6.45, 7) is 5.96. The van der Waals surface area contributed by atoms with E-state index in [4.69, 9.17) is 37.4 Å². The van der Waals surface area contributed by atoms with Gasteiger partial charge in [0.1, 0.15) is 0 Å². The maximum Gasteiger partial charge on any atom is 0.483 e. The first-order valence-corrected chi connectivity index (χ1v) is 10.8. The zero-order chi connectivity index (χ0) is 7.71. The van der Waals surface area contributed by atoms with Crippen LogP contribution in [0.3, 0.4) is 0 Å². The second kappa shape index (κ2) is 3.11. The Morgan fingerprint density at radius 2 is 1.33 bits per heavy atom. The molecule has 0 N–H and O–H groups in total. The number of hydrogen-bond acceptors (Lipinski definition) is 1. The van der Waals surface area contributed by atoms with E-state index >= 15 is 0 Å². The average Bonchev–Trinajstić information content (AvgIpc) is 1.14. The molecule has 0 aliphatic carbocycles. The summed E-state index contributed by atoms with van der Waals surface area (Å²) in [6.07, 6.45) is -2.81.